The second kappa shape index (κ2) is 11.3. The zero-order valence-electron chi connectivity index (χ0n) is 22.2. The summed E-state index contributed by atoms with van der Waals surface area (Å²) in [5, 5.41) is 11.6. The molecule has 208 valence electrons. The fraction of sp³-hybridized carbons (Fsp3) is 0.156. The molecule has 2 N–H and O–H groups in total. The van der Waals surface area contributed by atoms with Crippen molar-refractivity contribution in [3.05, 3.63) is 142 Å². The van der Waals surface area contributed by atoms with Gasteiger partial charge in [0.15, 0.2) is 11.5 Å². The van der Waals surface area contributed by atoms with Gasteiger partial charge < -0.3 is 10.2 Å². The number of nitrogens with one attached hydrogen (secondary N) is 2. The van der Waals surface area contributed by atoms with Crippen LogP contribution in [-0.2, 0) is 23.4 Å². The third kappa shape index (κ3) is 5.43. The summed E-state index contributed by atoms with van der Waals surface area (Å²) in [6, 6.07) is 23.5. The predicted octanol–water partition coefficient (Wildman–Crippen LogP) is 5.58. The summed E-state index contributed by atoms with van der Waals surface area (Å²) in [7, 11) is 0. The highest BCUT2D eigenvalue weighted by atomic mass is 19.1. The molecule has 1 aliphatic heterocycles. The van der Waals surface area contributed by atoms with Crippen molar-refractivity contribution >= 4 is 17.8 Å². The molecule has 4 aromatic rings. The molecule has 0 aliphatic carbocycles. The summed E-state index contributed by atoms with van der Waals surface area (Å²) >= 11 is 0. The minimum absolute atomic E-state index is 0.0139. The van der Waals surface area contributed by atoms with Crippen molar-refractivity contribution in [3.63, 3.8) is 0 Å². The van der Waals surface area contributed by atoms with E-state index in [1.165, 1.54) is 65.6 Å². The van der Waals surface area contributed by atoms with E-state index in [1.807, 2.05) is 6.92 Å². The largest absolute Gasteiger partial charge is 0.335 e. The Labute approximate surface area is 235 Å². The van der Waals surface area contributed by atoms with Gasteiger partial charge in [-0.3, -0.25) is 19.9 Å². The van der Waals surface area contributed by atoms with Gasteiger partial charge >= 0.3 is 0 Å². The second-order valence-corrected chi connectivity index (χ2v) is 9.77. The Morgan fingerprint density at radius 2 is 1.37 bits per heavy atom. The van der Waals surface area contributed by atoms with E-state index in [-0.39, 0.29) is 24.2 Å². The van der Waals surface area contributed by atoms with Gasteiger partial charge in [0.05, 0.1) is 6.54 Å². The molecule has 0 aromatic heterocycles. The van der Waals surface area contributed by atoms with Crippen LogP contribution in [0.15, 0.2) is 97.1 Å². The van der Waals surface area contributed by atoms with E-state index in [0.717, 1.165) is 5.56 Å². The molecule has 0 spiro atoms. The van der Waals surface area contributed by atoms with E-state index in [4.69, 9.17) is 5.41 Å². The summed E-state index contributed by atoms with van der Waals surface area (Å²) in [5.41, 5.74) is 1.03. The van der Waals surface area contributed by atoms with Crippen LogP contribution in [0.25, 0.3) is 0 Å². The lowest BCUT2D eigenvalue weighted by molar-refractivity contribution is -0.130. The lowest BCUT2D eigenvalue weighted by atomic mass is 9.82. The van der Waals surface area contributed by atoms with E-state index in [2.05, 4.69) is 5.32 Å². The molecule has 1 heterocycles. The minimum Gasteiger partial charge on any atom is -0.335 e. The van der Waals surface area contributed by atoms with Gasteiger partial charge in [0.2, 0.25) is 0 Å². The molecule has 1 fully saturated rings. The number of nitrogens with zero attached hydrogens (tertiary/aromatic N) is 2. The average Bonchev–Trinajstić information content (AvgIpc) is 3.23. The number of amides is 2. The number of guanidine groups is 1. The number of carbonyl (C=O) groups is 2. The molecule has 41 heavy (non-hydrogen) atoms. The first kappa shape index (κ1) is 27.6. The third-order valence-corrected chi connectivity index (χ3v) is 7.17. The van der Waals surface area contributed by atoms with Crippen LogP contribution in [0.3, 0.4) is 0 Å². The topological polar surface area (TPSA) is 76.5 Å². The number of rotatable bonds is 8. The summed E-state index contributed by atoms with van der Waals surface area (Å²) < 4.78 is 40.8. The number of hydrogen-bond acceptors (Lipinski definition) is 3. The van der Waals surface area contributed by atoms with Crippen LogP contribution in [-0.4, -0.2) is 34.1 Å². The van der Waals surface area contributed by atoms with Crippen molar-refractivity contribution in [1.82, 2.24) is 15.1 Å². The normalized spacial score (nSPS) is 14.2. The average molecular weight is 557 g/mol. The standard InChI is InChI=1S/C32H27F3N4O2/c1-2-38(19-21-6-12-26(33)13-7-21)29(40)23-5-3-4-22(18-23)20-39-30(41)32(37-31(39)36,24-8-14-27(34)15-9-24)25-10-16-28(35)17-11-25/h3-18H,2,19-20H2,1H3,(H2,36,37). The zero-order chi connectivity index (χ0) is 29.1. The highest BCUT2D eigenvalue weighted by molar-refractivity contribution is 6.10. The van der Waals surface area contributed by atoms with Gasteiger partial charge in [-0.15, -0.1) is 0 Å². The predicted molar refractivity (Wildman–Crippen MR) is 148 cm³/mol. The van der Waals surface area contributed by atoms with Crippen molar-refractivity contribution in [2.75, 3.05) is 6.54 Å². The molecule has 2 amide bonds. The maximum absolute atomic E-state index is 14.0. The van der Waals surface area contributed by atoms with E-state index in [1.54, 1.807) is 41.3 Å². The Morgan fingerprint density at radius 3 is 1.90 bits per heavy atom. The fourth-order valence-electron chi connectivity index (χ4n) is 5.02. The highest BCUT2D eigenvalue weighted by Crippen LogP contribution is 2.37. The summed E-state index contributed by atoms with van der Waals surface area (Å²) in [6.45, 7) is 2.57. The molecule has 4 aromatic carbocycles. The highest BCUT2D eigenvalue weighted by Gasteiger charge is 2.52. The summed E-state index contributed by atoms with van der Waals surface area (Å²) in [4.78, 5) is 30.3. The van der Waals surface area contributed by atoms with Crippen LogP contribution >= 0.6 is 0 Å². The molecule has 6 nitrogen and oxygen atoms in total. The number of hydrogen-bond donors (Lipinski definition) is 2. The molecule has 1 saturated heterocycles. The first-order chi connectivity index (χ1) is 19.7. The van der Waals surface area contributed by atoms with Crippen molar-refractivity contribution in [1.29, 1.82) is 5.41 Å². The van der Waals surface area contributed by atoms with Gasteiger partial charge in [-0.1, -0.05) is 48.5 Å². The Hall–Kier alpha value is -4.92. The molecule has 0 unspecified atom stereocenters. The van der Waals surface area contributed by atoms with Gasteiger partial charge in [0.25, 0.3) is 11.8 Å². The maximum Gasteiger partial charge on any atom is 0.264 e. The van der Waals surface area contributed by atoms with Gasteiger partial charge in [-0.25, -0.2) is 13.2 Å². The maximum atomic E-state index is 14.0. The SMILES string of the molecule is CCN(Cc1ccc(F)cc1)C(=O)c1cccc(CN2C(=N)NC(c3ccc(F)cc3)(c3ccc(F)cc3)C2=O)c1. The van der Waals surface area contributed by atoms with Gasteiger partial charge in [-0.05, 0) is 77.7 Å². The van der Waals surface area contributed by atoms with Crippen LogP contribution in [0, 0.1) is 22.9 Å². The van der Waals surface area contributed by atoms with E-state index < -0.39 is 23.1 Å². The minimum atomic E-state index is -1.57. The Morgan fingerprint density at radius 1 is 0.829 bits per heavy atom. The van der Waals surface area contributed by atoms with E-state index in [9.17, 15) is 22.8 Å². The van der Waals surface area contributed by atoms with Crippen LogP contribution in [0.4, 0.5) is 13.2 Å². The van der Waals surface area contributed by atoms with Crippen LogP contribution in [0.2, 0.25) is 0 Å². The molecule has 1 aliphatic rings. The van der Waals surface area contributed by atoms with E-state index in [0.29, 0.717) is 35.3 Å². The number of benzene rings is 4. The van der Waals surface area contributed by atoms with Gasteiger partial charge in [0.1, 0.15) is 17.5 Å². The van der Waals surface area contributed by atoms with Gasteiger partial charge in [-0.2, -0.15) is 0 Å². The molecule has 0 bridgehead atoms. The number of carbonyl (C=O) groups excluding carboxylic acids is 2. The quantitative estimate of drug-likeness (QED) is 0.298. The van der Waals surface area contributed by atoms with Crippen molar-refractivity contribution in [3.8, 4) is 0 Å². The first-order valence-corrected chi connectivity index (χ1v) is 13.0. The Balaban J connectivity index is 1.42. The molecule has 0 atom stereocenters. The van der Waals surface area contributed by atoms with Crippen molar-refractivity contribution in [2.24, 2.45) is 0 Å². The van der Waals surface area contributed by atoms with Crippen LogP contribution in [0.1, 0.15) is 39.5 Å². The molecule has 9 heteroatoms. The van der Waals surface area contributed by atoms with Gasteiger partial charge in [0, 0.05) is 18.7 Å². The summed E-state index contributed by atoms with van der Waals surface area (Å²) in [5.74, 6) is -2.23. The molecular formula is C32H27F3N4O2. The molecular weight excluding hydrogens is 529 g/mol. The molecule has 0 saturated carbocycles. The van der Waals surface area contributed by atoms with Crippen molar-refractivity contribution in [2.45, 2.75) is 25.6 Å². The second-order valence-electron chi connectivity index (χ2n) is 9.77. The van der Waals surface area contributed by atoms with Crippen molar-refractivity contribution < 1.29 is 22.8 Å². The Bertz CT molecular complexity index is 1540. The smallest absolute Gasteiger partial charge is 0.264 e. The first-order valence-electron chi connectivity index (χ1n) is 13.0. The zero-order valence-corrected chi connectivity index (χ0v) is 22.2. The van der Waals surface area contributed by atoms with Crippen LogP contribution in [0.5, 0.6) is 0 Å². The molecule has 5 rings (SSSR count). The summed E-state index contributed by atoms with van der Waals surface area (Å²) in [6.07, 6.45) is 0. The number of halogens is 3. The lowest BCUT2D eigenvalue weighted by Crippen LogP contribution is -2.45. The van der Waals surface area contributed by atoms with E-state index >= 15 is 0 Å². The lowest BCUT2D eigenvalue weighted by Gasteiger charge is -2.28. The monoisotopic (exact) mass is 556 g/mol. The van der Waals surface area contributed by atoms with Crippen LogP contribution < -0.4 is 5.32 Å². The fourth-order valence-corrected chi connectivity index (χ4v) is 5.02. The Kier molecular flexibility index (Phi) is 7.61. The molecule has 0 radical (unpaired) electrons. The third-order valence-electron chi connectivity index (χ3n) is 7.17.